The molecule has 0 saturated heterocycles. The Morgan fingerprint density at radius 1 is 1.45 bits per heavy atom. The standard InChI is InChI=1S/C6H16O3SSi/c1-4-5-6(11(2)3)10(7,8)9/h6,11H,4-5H2,1-3H3,(H,7,8,9). The van der Waals surface area contributed by atoms with E-state index in [2.05, 4.69) is 0 Å². The Hall–Kier alpha value is 0.127. The maximum atomic E-state index is 10.8. The fourth-order valence-corrected chi connectivity index (χ4v) is 5.40. The van der Waals surface area contributed by atoms with E-state index < -0.39 is 23.8 Å². The van der Waals surface area contributed by atoms with Gasteiger partial charge >= 0.3 is 0 Å². The molecule has 0 aromatic rings. The Kier molecular flexibility index (Phi) is 4.28. The first-order valence-corrected chi connectivity index (χ1v) is 8.33. The quantitative estimate of drug-likeness (QED) is 0.540. The fraction of sp³-hybridized carbons (Fsp3) is 1.00. The normalized spacial score (nSPS) is 15.4. The van der Waals surface area contributed by atoms with Gasteiger partial charge in [0.2, 0.25) is 0 Å². The minimum Gasteiger partial charge on any atom is -0.286 e. The lowest BCUT2D eigenvalue weighted by atomic mass is 10.4. The lowest BCUT2D eigenvalue weighted by Crippen LogP contribution is -2.32. The monoisotopic (exact) mass is 196 g/mol. The molecule has 5 heteroatoms. The predicted molar refractivity (Wildman–Crippen MR) is 49.1 cm³/mol. The van der Waals surface area contributed by atoms with Crippen LogP contribution in [0.3, 0.4) is 0 Å². The zero-order chi connectivity index (χ0) is 9.07. The molecule has 0 amide bonds. The van der Waals surface area contributed by atoms with E-state index in [0.29, 0.717) is 6.42 Å². The summed E-state index contributed by atoms with van der Waals surface area (Å²) in [6, 6.07) is 0. The van der Waals surface area contributed by atoms with Crippen molar-refractivity contribution in [2.24, 2.45) is 0 Å². The smallest absolute Gasteiger partial charge is 0.264 e. The second-order valence-corrected chi connectivity index (χ2v) is 8.50. The highest BCUT2D eigenvalue weighted by atomic mass is 32.2. The van der Waals surface area contributed by atoms with Crippen LogP contribution in [0.15, 0.2) is 0 Å². The Morgan fingerprint density at radius 2 is 1.91 bits per heavy atom. The number of hydrogen-bond donors (Lipinski definition) is 1. The lowest BCUT2D eigenvalue weighted by Gasteiger charge is -2.14. The van der Waals surface area contributed by atoms with Crippen LogP contribution in [0.1, 0.15) is 19.8 Å². The molecular weight excluding hydrogens is 180 g/mol. The molecular formula is C6H16O3SSi. The first kappa shape index (κ1) is 11.1. The molecule has 0 heterocycles. The van der Waals surface area contributed by atoms with E-state index in [1.807, 2.05) is 20.0 Å². The molecule has 0 aliphatic rings. The SMILES string of the molecule is CCCC([SiH](C)C)S(=O)(=O)O. The van der Waals surface area contributed by atoms with Crippen molar-refractivity contribution in [3.63, 3.8) is 0 Å². The van der Waals surface area contributed by atoms with Crippen LogP contribution >= 0.6 is 0 Å². The fourth-order valence-electron chi connectivity index (χ4n) is 1.11. The van der Waals surface area contributed by atoms with Gasteiger partial charge in [0.15, 0.2) is 0 Å². The molecule has 11 heavy (non-hydrogen) atoms. The molecule has 1 unspecified atom stereocenters. The van der Waals surface area contributed by atoms with Crippen molar-refractivity contribution < 1.29 is 13.0 Å². The third kappa shape index (κ3) is 3.88. The maximum Gasteiger partial charge on any atom is 0.264 e. The first-order valence-electron chi connectivity index (χ1n) is 3.85. The van der Waals surface area contributed by atoms with Crippen LogP contribution < -0.4 is 0 Å². The Labute approximate surface area is 70.2 Å². The van der Waals surface area contributed by atoms with E-state index >= 15 is 0 Å². The Bertz CT molecular complexity index is 198. The van der Waals surface area contributed by atoms with Gasteiger partial charge in [-0.2, -0.15) is 8.42 Å². The first-order chi connectivity index (χ1) is 4.89. The summed E-state index contributed by atoms with van der Waals surface area (Å²) in [6.45, 7) is 5.80. The van der Waals surface area contributed by atoms with Crippen LogP contribution in [0.5, 0.6) is 0 Å². The third-order valence-electron chi connectivity index (χ3n) is 1.70. The van der Waals surface area contributed by atoms with Gasteiger partial charge in [0.25, 0.3) is 10.1 Å². The zero-order valence-corrected chi connectivity index (χ0v) is 9.21. The highest BCUT2D eigenvalue weighted by Crippen LogP contribution is 2.10. The highest BCUT2D eigenvalue weighted by Gasteiger charge is 2.25. The molecule has 0 aromatic carbocycles. The average Bonchev–Trinajstić information content (AvgIpc) is 1.79. The Morgan fingerprint density at radius 3 is 2.00 bits per heavy atom. The molecule has 1 N–H and O–H groups in total. The van der Waals surface area contributed by atoms with Crippen LogP contribution in [0.2, 0.25) is 13.1 Å². The second kappa shape index (κ2) is 4.23. The van der Waals surface area contributed by atoms with Crippen molar-refractivity contribution in [1.29, 1.82) is 0 Å². The van der Waals surface area contributed by atoms with Crippen molar-refractivity contribution in [2.45, 2.75) is 37.7 Å². The topological polar surface area (TPSA) is 54.4 Å². The molecule has 68 valence electrons. The van der Waals surface area contributed by atoms with E-state index in [1.165, 1.54) is 0 Å². The molecule has 0 aromatic heterocycles. The van der Waals surface area contributed by atoms with Gasteiger partial charge in [0, 0.05) is 0 Å². The minimum atomic E-state index is -3.76. The summed E-state index contributed by atoms with van der Waals surface area (Å²) >= 11 is 0. The lowest BCUT2D eigenvalue weighted by molar-refractivity contribution is 0.475. The van der Waals surface area contributed by atoms with Crippen molar-refractivity contribution in [3.8, 4) is 0 Å². The molecule has 0 fully saturated rings. The van der Waals surface area contributed by atoms with Crippen molar-refractivity contribution in [3.05, 3.63) is 0 Å². The van der Waals surface area contributed by atoms with Crippen LogP contribution in [-0.2, 0) is 10.1 Å². The van der Waals surface area contributed by atoms with Crippen LogP contribution in [0, 0.1) is 0 Å². The summed E-state index contributed by atoms with van der Waals surface area (Å²) < 4.78 is 30.3. The van der Waals surface area contributed by atoms with Crippen LogP contribution in [-0.4, -0.2) is 26.6 Å². The van der Waals surface area contributed by atoms with E-state index in [9.17, 15) is 8.42 Å². The summed E-state index contributed by atoms with van der Waals surface area (Å²) in [5.41, 5.74) is 0. The summed E-state index contributed by atoms with van der Waals surface area (Å²) in [4.78, 5) is -0.451. The summed E-state index contributed by atoms with van der Waals surface area (Å²) in [5, 5.41) is 0. The molecule has 0 aliphatic heterocycles. The molecule has 0 bridgehead atoms. The average molecular weight is 196 g/mol. The van der Waals surface area contributed by atoms with Gasteiger partial charge in [-0.05, 0) is 6.42 Å². The van der Waals surface area contributed by atoms with Crippen molar-refractivity contribution in [1.82, 2.24) is 0 Å². The van der Waals surface area contributed by atoms with Gasteiger partial charge in [0.05, 0.1) is 13.7 Å². The van der Waals surface area contributed by atoms with Crippen molar-refractivity contribution in [2.75, 3.05) is 0 Å². The molecule has 0 aliphatic carbocycles. The van der Waals surface area contributed by atoms with Gasteiger partial charge in [-0.15, -0.1) is 0 Å². The van der Waals surface area contributed by atoms with E-state index in [0.717, 1.165) is 6.42 Å². The maximum absolute atomic E-state index is 10.8. The highest BCUT2D eigenvalue weighted by molar-refractivity contribution is 7.88. The van der Waals surface area contributed by atoms with Crippen LogP contribution in [0.4, 0.5) is 0 Å². The zero-order valence-electron chi connectivity index (χ0n) is 7.24. The predicted octanol–water partition coefficient (Wildman–Crippen LogP) is 1.07. The molecule has 0 radical (unpaired) electrons. The van der Waals surface area contributed by atoms with Gasteiger partial charge in [-0.1, -0.05) is 26.4 Å². The number of hydrogen-bond acceptors (Lipinski definition) is 2. The van der Waals surface area contributed by atoms with E-state index in [4.69, 9.17) is 4.55 Å². The van der Waals surface area contributed by atoms with E-state index in [1.54, 1.807) is 0 Å². The van der Waals surface area contributed by atoms with Gasteiger partial charge in [-0.25, -0.2) is 0 Å². The van der Waals surface area contributed by atoms with Gasteiger partial charge in [0.1, 0.15) is 0 Å². The molecule has 3 nitrogen and oxygen atoms in total. The summed E-state index contributed by atoms with van der Waals surface area (Å²) in [7, 11) is -5.03. The molecule has 0 rings (SSSR count). The molecule has 0 saturated carbocycles. The third-order valence-corrected chi connectivity index (χ3v) is 7.19. The minimum absolute atomic E-state index is 0.451. The largest absolute Gasteiger partial charge is 0.286 e. The van der Waals surface area contributed by atoms with Crippen LogP contribution in [0.25, 0.3) is 0 Å². The van der Waals surface area contributed by atoms with Gasteiger partial charge < -0.3 is 0 Å². The summed E-state index contributed by atoms with van der Waals surface area (Å²) in [6.07, 6.45) is 1.42. The molecule has 1 atom stereocenters. The van der Waals surface area contributed by atoms with Gasteiger partial charge in [-0.3, -0.25) is 4.55 Å². The van der Waals surface area contributed by atoms with Crippen molar-refractivity contribution >= 4 is 18.9 Å². The molecule has 0 spiro atoms. The van der Waals surface area contributed by atoms with E-state index in [-0.39, 0.29) is 0 Å². The summed E-state index contributed by atoms with van der Waals surface area (Å²) in [5.74, 6) is 0. The second-order valence-electron chi connectivity index (χ2n) is 3.09. The number of rotatable bonds is 4. The Balaban J connectivity index is 4.36.